The number of para-hydroxylation sites is 1. The van der Waals surface area contributed by atoms with E-state index >= 15 is 0 Å². The molecule has 3 aromatic rings. The first kappa shape index (κ1) is 30.6. The van der Waals surface area contributed by atoms with E-state index in [9.17, 15) is 14.3 Å². The molecular formula is C34H39ClFN3O5. The molecule has 0 aliphatic carbocycles. The summed E-state index contributed by atoms with van der Waals surface area (Å²) < 4.78 is 35.6. The highest BCUT2D eigenvalue weighted by molar-refractivity contribution is 6.30. The molecule has 8 nitrogen and oxygen atoms in total. The number of nitrogens with zero attached hydrogens (tertiary/aromatic N) is 3. The summed E-state index contributed by atoms with van der Waals surface area (Å²) in [6.07, 6.45) is 7.32. The topological polar surface area (TPSA) is 86.0 Å². The third-order valence-corrected chi connectivity index (χ3v) is 9.49. The number of benzene rings is 2. The Morgan fingerprint density at radius 1 is 1.20 bits per heavy atom. The van der Waals surface area contributed by atoms with Gasteiger partial charge in [-0.1, -0.05) is 23.7 Å². The minimum absolute atomic E-state index is 0.101. The molecule has 10 heteroatoms. The molecule has 0 unspecified atom stereocenters. The fraction of sp³-hybridized carbons (Fsp3) is 0.471. The van der Waals surface area contributed by atoms with E-state index in [1.807, 2.05) is 12.1 Å². The summed E-state index contributed by atoms with van der Waals surface area (Å²) in [7, 11) is 0. The molecular weight excluding hydrogens is 585 g/mol. The van der Waals surface area contributed by atoms with Crippen LogP contribution in [0.15, 0.2) is 48.7 Å². The summed E-state index contributed by atoms with van der Waals surface area (Å²) in [6, 6.07) is 10.5. The van der Waals surface area contributed by atoms with Crippen molar-refractivity contribution in [2.45, 2.75) is 76.9 Å². The zero-order chi connectivity index (χ0) is 31.2. The minimum atomic E-state index is -1.28. The smallest absolute Gasteiger partial charge is 0.328 e. The van der Waals surface area contributed by atoms with Gasteiger partial charge >= 0.3 is 5.97 Å². The molecule has 44 heavy (non-hydrogen) atoms. The van der Waals surface area contributed by atoms with Gasteiger partial charge in [0.2, 0.25) is 0 Å². The number of hydrogen-bond donors (Lipinski definition) is 1. The van der Waals surface area contributed by atoms with E-state index in [-0.39, 0.29) is 17.6 Å². The van der Waals surface area contributed by atoms with E-state index in [0.717, 1.165) is 49.4 Å². The molecule has 3 aliphatic heterocycles. The Morgan fingerprint density at radius 2 is 1.98 bits per heavy atom. The van der Waals surface area contributed by atoms with Gasteiger partial charge in [0.1, 0.15) is 11.6 Å². The SMILES string of the molecule is C[C@@H]([C@@H]1COC(C)(C)C1)n1c(/C=C/C(=O)O)cnc1CN1CCC(c2cccc3c2O[C@@](C)(c2ccc(Cl)cc2F)O3)CC1. The van der Waals surface area contributed by atoms with Gasteiger partial charge in [-0.05, 0) is 89.4 Å². The first-order valence-electron chi connectivity index (χ1n) is 15.2. The van der Waals surface area contributed by atoms with Gasteiger partial charge in [-0.15, -0.1) is 0 Å². The predicted octanol–water partition coefficient (Wildman–Crippen LogP) is 7.17. The first-order chi connectivity index (χ1) is 20.9. The van der Waals surface area contributed by atoms with Crippen LogP contribution in [0.4, 0.5) is 4.39 Å². The fourth-order valence-corrected chi connectivity index (χ4v) is 7.08. The summed E-state index contributed by atoms with van der Waals surface area (Å²) in [5.74, 6) is 0.0172. The highest BCUT2D eigenvalue weighted by atomic mass is 35.5. The van der Waals surface area contributed by atoms with Crippen molar-refractivity contribution < 1.29 is 28.5 Å². The van der Waals surface area contributed by atoms with Crippen molar-refractivity contribution in [3.05, 3.63) is 82.2 Å². The molecule has 6 rings (SSSR count). The molecule has 0 spiro atoms. The summed E-state index contributed by atoms with van der Waals surface area (Å²) in [5, 5.41) is 9.57. The highest BCUT2D eigenvalue weighted by Gasteiger charge is 2.43. The second kappa shape index (κ2) is 11.8. The van der Waals surface area contributed by atoms with E-state index in [0.29, 0.717) is 41.2 Å². The number of ether oxygens (including phenoxy) is 3. The number of aromatic nitrogens is 2. The average molecular weight is 624 g/mol. The second-order valence-corrected chi connectivity index (χ2v) is 13.4. The number of hydrogen-bond acceptors (Lipinski definition) is 6. The van der Waals surface area contributed by atoms with Crippen molar-refractivity contribution in [1.29, 1.82) is 0 Å². The molecule has 2 aromatic carbocycles. The quantitative estimate of drug-likeness (QED) is 0.266. The Kier molecular flexibility index (Phi) is 8.24. The van der Waals surface area contributed by atoms with Gasteiger partial charge in [0.15, 0.2) is 11.5 Å². The van der Waals surface area contributed by atoms with Gasteiger partial charge in [0.25, 0.3) is 5.79 Å². The van der Waals surface area contributed by atoms with Crippen LogP contribution in [0, 0.1) is 11.7 Å². The van der Waals surface area contributed by atoms with E-state index in [2.05, 4.69) is 36.3 Å². The third kappa shape index (κ3) is 6.10. The lowest BCUT2D eigenvalue weighted by molar-refractivity contribution is -0.131. The Labute approximate surface area is 262 Å². The first-order valence-corrected chi connectivity index (χ1v) is 15.6. The van der Waals surface area contributed by atoms with Gasteiger partial charge in [-0.3, -0.25) is 4.90 Å². The van der Waals surface area contributed by atoms with Crippen molar-refractivity contribution in [2.75, 3.05) is 19.7 Å². The lowest BCUT2D eigenvalue weighted by Gasteiger charge is -2.33. The Balaban J connectivity index is 1.16. The van der Waals surface area contributed by atoms with Crippen LogP contribution in [0.3, 0.4) is 0 Å². The van der Waals surface area contributed by atoms with Crippen LogP contribution in [0.2, 0.25) is 5.02 Å². The highest BCUT2D eigenvalue weighted by Crippen LogP contribution is 2.50. The predicted molar refractivity (Wildman–Crippen MR) is 165 cm³/mol. The molecule has 234 valence electrons. The average Bonchev–Trinajstić information content (AvgIpc) is 3.65. The summed E-state index contributed by atoms with van der Waals surface area (Å²) >= 11 is 5.98. The molecule has 0 saturated carbocycles. The van der Waals surface area contributed by atoms with Gasteiger partial charge < -0.3 is 23.9 Å². The van der Waals surface area contributed by atoms with Crippen LogP contribution in [0.5, 0.6) is 11.5 Å². The fourth-order valence-electron chi connectivity index (χ4n) is 6.92. The molecule has 2 fully saturated rings. The zero-order valence-corrected chi connectivity index (χ0v) is 26.3. The number of carbonyl (C=O) groups is 1. The molecule has 4 heterocycles. The van der Waals surface area contributed by atoms with Crippen LogP contribution < -0.4 is 9.47 Å². The molecule has 1 aromatic heterocycles. The molecule has 2 saturated heterocycles. The lowest BCUT2D eigenvalue weighted by Crippen LogP contribution is -2.34. The van der Waals surface area contributed by atoms with Gasteiger partial charge in [0.05, 0.1) is 36.2 Å². The van der Waals surface area contributed by atoms with Crippen molar-refractivity contribution in [1.82, 2.24) is 14.5 Å². The van der Waals surface area contributed by atoms with Gasteiger partial charge in [0, 0.05) is 35.5 Å². The van der Waals surface area contributed by atoms with E-state index in [1.165, 1.54) is 12.1 Å². The molecule has 0 bridgehead atoms. The van der Waals surface area contributed by atoms with Crippen LogP contribution in [-0.2, 0) is 21.9 Å². The molecule has 3 aliphatic rings. The number of likely N-dealkylation sites (tertiary alicyclic amines) is 1. The second-order valence-electron chi connectivity index (χ2n) is 12.9. The maximum atomic E-state index is 14.8. The number of aliphatic carboxylic acids is 1. The zero-order valence-electron chi connectivity index (χ0n) is 25.6. The largest absolute Gasteiger partial charge is 0.478 e. The monoisotopic (exact) mass is 623 g/mol. The Bertz CT molecular complexity index is 1580. The number of carboxylic acids is 1. The molecule has 0 amide bonds. The van der Waals surface area contributed by atoms with Crippen LogP contribution in [0.1, 0.15) is 81.6 Å². The summed E-state index contributed by atoms with van der Waals surface area (Å²) in [4.78, 5) is 18.4. The maximum Gasteiger partial charge on any atom is 0.328 e. The number of piperidine rings is 1. The van der Waals surface area contributed by atoms with E-state index in [1.54, 1.807) is 31.3 Å². The summed E-state index contributed by atoms with van der Waals surface area (Å²) in [5.41, 5.74) is 1.98. The third-order valence-electron chi connectivity index (χ3n) is 9.25. The maximum absolute atomic E-state index is 14.8. The van der Waals surface area contributed by atoms with Crippen molar-refractivity contribution in [3.8, 4) is 11.5 Å². The number of carboxylic acid groups (broad SMARTS) is 1. The van der Waals surface area contributed by atoms with Crippen molar-refractivity contribution in [3.63, 3.8) is 0 Å². The molecule has 1 N–H and O–H groups in total. The number of fused-ring (bicyclic) bond motifs is 1. The van der Waals surface area contributed by atoms with E-state index < -0.39 is 17.6 Å². The van der Waals surface area contributed by atoms with Crippen LogP contribution >= 0.6 is 11.6 Å². The normalized spacial score (nSPS) is 24.3. The minimum Gasteiger partial charge on any atom is -0.478 e. The Hall–Kier alpha value is -3.40. The number of rotatable bonds is 8. The van der Waals surface area contributed by atoms with E-state index in [4.69, 9.17) is 30.8 Å². The van der Waals surface area contributed by atoms with Crippen LogP contribution in [0.25, 0.3) is 6.08 Å². The lowest BCUT2D eigenvalue weighted by atomic mass is 9.88. The van der Waals surface area contributed by atoms with Gasteiger partial charge in [-0.2, -0.15) is 0 Å². The van der Waals surface area contributed by atoms with Crippen molar-refractivity contribution >= 4 is 23.6 Å². The van der Waals surface area contributed by atoms with Crippen molar-refractivity contribution in [2.24, 2.45) is 5.92 Å². The molecule has 0 radical (unpaired) electrons. The van der Waals surface area contributed by atoms with Gasteiger partial charge in [-0.25, -0.2) is 14.2 Å². The number of imidazole rings is 1. The number of halogens is 2. The standard InChI is InChI=1S/C34H39ClFN3O5/c1-21(23-17-33(2,3)42-20-23)39-25(9-11-31(40)41)18-37-30(39)19-38-14-12-22(13-15-38)26-6-5-7-29-32(26)44-34(4,43-29)27-10-8-24(35)16-28(27)36/h5-11,16,18,21-23H,12-15,17,19-20H2,1-4H3,(H,40,41)/b11-9+/t21-,23-,34-/m0/s1. The summed E-state index contributed by atoms with van der Waals surface area (Å²) in [6.45, 7) is 11.2. The Morgan fingerprint density at radius 3 is 2.66 bits per heavy atom. The van der Waals surface area contributed by atoms with Crippen LogP contribution in [-0.4, -0.2) is 50.8 Å². The molecule has 3 atom stereocenters.